The Bertz CT molecular complexity index is 371. The van der Waals surface area contributed by atoms with Gasteiger partial charge in [0.25, 0.3) is 0 Å². The first kappa shape index (κ1) is 8.94. The number of aliphatic hydroxyl groups excluding tert-OH is 2. The normalized spacial score (nSPS) is 13.8. The zero-order valence-corrected chi connectivity index (χ0v) is 7.12. The molecule has 0 amide bonds. The van der Waals surface area contributed by atoms with Gasteiger partial charge in [-0.3, -0.25) is 0 Å². The van der Waals surface area contributed by atoms with Gasteiger partial charge in [0.05, 0.1) is 12.5 Å². The van der Waals surface area contributed by atoms with Crippen LogP contribution in [0, 0.1) is 0 Å². The summed E-state index contributed by atoms with van der Waals surface area (Å²) < 4.78 is 0. The molecular formula is C9H9ClO2. The highest BCUT2D eigenvalue weighted by Gasteiger charge is 1.90. The molecule has 0 unspecified atom stereocenters. The van der Waals surface area contributed by atoms with Gasteiger partial charge in [0.2, 0.25) is 0 Å². The summed E-state index contributed by atoms with van der Waals surface area (Å²) in [6.07, 6.45) is 1.89. The summed E-state index contributed by atoms with van der Waals surface area (Å²) in [5.41, 5.74) is 0.905. The number of hydrogen-bond donors (Lipinski definition) is 2. The molecule has 0 saturated carbocycles. The molecule has 0 aliphatic carbocycles. The second-order valence-corrected chi connectivity index (χ2v) is 2.62. The predicted octanol–water partition coefficient (Wildman–Crippen LogP) is 1.02. The molecule has 0 aliphatic heterocycles. The van der Waals surface area contributed by atoms with Gasteiger partial charge in [-0.1, -0.05) is 12.1 Å². The van der Waals surface area contributed by atoms with Crippen LogP contribution in [0.5, 0.6) is 0 Å². The molecule has 12 heavy (non-hydrogen) atoms. The Balaban J connectivity index is 3.42. The molecule has 1 rings (SSSR count). The molecule has 0 fully saturated rings. The maximum Gasteiger partial charge on any atom is 0.0871 e. The highest BCUT2D eigenvalue weighted by Crippen LogP contribution is 1.96. The second kappa shape index (κ2) is 4.02. The quantitative estimate of drug-likeness (QED) is 0.640. The van der Waals surface area contributed by atoms with Gasteiger partial charge in [0, 0.05) is 16.3 Å². The highest BCUT2D eigenvalue weighted by atomic mass is 35.5. The molecule has 0 spiro atoms. The van der Waals surface area contributed by atoms with Gasteiger partial charge in [0.15, 0.2) is 0 Å². The number of hydrogen-bond acceptors (Lipinski definition) is 2. The molecule has 0 bridgehead atoms. The van der Waals surface area contributed by atoms with Crippen molar-refractivity contribution in [2.24, 2.45) is 0 Å². The van der Waals surface area contributed by atoms with Crippen molar-refractivity contribution >= 4 is 24.1 Å². The first-order chi connectivity index (χ1) is 5.81. The van der Waals surface area contributed by atoms with Crippen molar-refractivity contribution in [1.82, 2.24) is 0 Å². The van der Waals surface area contributed by atoms with Crippen LogP contribution in [-0.4, -0.2) is 10.2 Å². The van der Waals surface area contributed by atoms with Crippen molar-refractivity contribution in [2.75, 3.05) is 0 Å². The molecular weight excluding hydrogens is 176 g/mol. The Morgan fingerprint density at radius 3 is 2.33 bits per heavy atom. The average Bonchev–Trinajstić information content (AvgIpc) is 2.16. The van der Waals surface area contributed by atoms with Crippen LogP contribution in [0.15, 0.2) is 18.2 Å². The van der Waals surface area contributed by atoms with E-state index in [4.69, 9.17) is 21.8 Å². The first-order valence-electron chi connectivity index (χ1n) is 3.45. The number of halogens is 1. The lowest BCUT2D eigenvalue weighted by atomic mass is 10.2. The summed E-state index contributed by atoms with van der Waals surface area (Å²) in [6.45, 7) is 0. The van der Waals surface area contributed by atoms with Gasteiger partial charge in [-0.2, -0.15) is 0 Å². The molecule has 3 heteroatoms. The van der Waals surface area contributed by atoms with E-state index in [0.717, 1.165) is 18.1 Å². The van der Waals surface area contributed by atoms with E-state index in [1.165, 1.54) is 0 Å². The van der Waals surface area contributed by atoms with Crippen molar-refractivity contribution in [2.45, 2.75) is 5.88 Å². The molecule has 1 aromatic rings. The van der Waals surface area contributed by atoms with E-state index in [9.17, 15) is 0 Å². The third kappa shape index (κ3) is 1.71. The van der Waals surface area contributed by atoms with E-state index >= 15 is 0 Å². The van der Waals surface area contributed by atoms with E-state index < -0.39 is 0 Å². The molecule has 2 N–H and O–H groups in total. The summed E-state index contributed by atoms with van der Waals surface area (Å²) in [5.74, 6) is 0.395. The van der Waals surface area contributed by atoms with Crippen LogP contribution in [0.25, 0.3) is 12.5 Å². The lowest BCUT2D eigenvalue weighted by Gasteiger charge is -1.93. The monoisotopic (exact) mass is 184 g/mol. The Morgan fingerprint density at radius 2 is 1.83 bits per heavy atom. The molecule has 0 heterocycles. The Hall–Kier alpha value is -1.15. The molecule has 0 radical (unpaired) electrons. The van der Waals surface area contributed by atoms with Crippen molar-refractivity contribution in [3.05, 3.63) is 34.2 Å². The summed E-state index contributed by atoms with van der Waals surface area (Å²) in [6, 6.07) is 5.21. The van der Waals surface area contributed by atoms with Gasteiger partial charge in [0.1, 0.15) is 0 Å². The molecule has 0 aromatic heterocycles. The van der Waals surface area contributed by atoms with Crippen LogP contribution >= 0.6 is 11.6 Å². The molecule has 0 saturated heterocycles. The Kier molecular flexibility index (Phi) is 3.00. The van der Waals surface area contributed by atoms with Crippen LogP contribution in [0.1, 0.15) is 5.56 Å². The van der Waals surface area contributed by atoms with Crippen molar-refractivity contribution in [3.63, 3.8) is 0 Å². The summed E-state index contributed by atoms with van der Waals surface area (Å²) in [4.78, 5) is 0. The van der Waals surface area contributed by atoms with Crippen molar-refractivity contribution in [1.29, 1.82) is 0 Å². The minimum atomic E-state index is 0.395. The fraction of sp³-hybridized carbons (Fsp3) is 0.111. The standard InChI is InChI=1S/C9H9ClO2/c10-4-7-1-2-8(5-11)9(3-7)6-12/h1-3,5-6,11-12H,4H2. The van der Waals surface area contributed by atoms with E-state index in [-0.39, 0.29) is 0 Å². The van der Waals surface area contributed by atoms with Gasteiger partial charge < -0.3 is 10.2 Å². The molecule has 2 nitrogen and oxygen atoms in total. The molecule has 0 atom stereocenters. The van der Waals surface area contributed by atoms with Crippen molar-refractivity contribution in [3.8, 4) is 0 Å². The number of aliphatic hydroxyl groups is 2. The average molecular weight is 185 g/mol. The van der Waals surface area contributed by atoms with Crippen LogP contribution in [0.4, 0.5) is 0 Å². The maximum absolute atomic E-state index is 8.77. The van der Waals surface area contributed by atoms with Gasteiger partial charge in [-0.15, -0.1) is 11.6 Å². The van der Waals surface area contributed by atoms with Gasteiger partial charge in [-0.25, -0.2) is 0 Å². The third-order valence-corrected chi connectivity index (χ3v) is 1.89. The number of alkyl halides is 1. The largest absolute Gasteiger partial charge is 0.515 e. The van der Waals surface area contributed by atoms with Crippen LogP contribution < -0.4 is 10.4 Å². The number of benzene rings is 1. The fourth-order valence-electron chi connectivity index (χ4n) is 0.937. The lowest BCUT2D eigenvalue weighted by molar-refractivity contribution is 0.533. The number of rotatable bonds is 1. The van der Waals surface area contributed by atoms with Crippen LogP contribution in [0.3, 0.4) is 0 Å². The lowest BCUT2D eigenvalue weighted by Crippen LogP contribution is -2.24. The zero-order chi connectivity index (χ0) is 8.97. The van der Waals surface area contributed by atoms with Crippen LogP contribution in [-0.2, 0) is 5.88 Å². The first-order valence-corrected chi connectivity index (χ1v) is 3.99. The van der Waals surface area contributed by atoms with E-state index in [2.05, 4.69) is 0 Å². The predicted molar refractivity (Wildman–Crippen MR) is 49.4 cm³/mol. The zero-order valence-electron chi connectivity index (χ0n) is 6.37. The van der Waals surface area contributed by atoms with E-state index in [1.807, 2.05) is 0 Å². The minimum absolute atomic E-state index is 0.395. The van der Waals surface area contributed by atoms with Crippen molar-refractivity contribution < 1.29 is 10.2 Å². The fourth-order valence-corrected chi connectivity index (χ4v) is 1.10. The minimum Gasteiger partial charge on any atom is -0.515 e. The molecule has 64 valence electrons. The van der Waals surface area contributed by atoms with E-state index in [1.54, 1.807) is 18.2 Å². The molecule has 1 aromatic carbocycles. The van der Waals surface area contributed by atoms with Gasteiger partial charge >= 0.3 is 0 Å². The second-order valence-electron chi connectivity index (χ2n) is 2.36. The topological polar surface area (TPSA) is 40.5 Å². The summed E-state index contributed by atoms with van der Waals surface area (Å²) in [7, 11) is 0. The Morgan fingerprint density at radius 1 is 1.17 bits per heavy atom. The maximum atomic E-state index is 8.77. The van der Waals surface area contributed by atoms with Gasteiger partial charge in [-0.05, 0) is 11.6 Å². The summed E-state index contributed by atoms with van der Waals surface area (Å²) in [5, 5.41) is 18.6. The Labute approximate surface area is 75.0 Å². The van der Waals surface area contributed by atoms with Crippen LogP contribution in [0.2, 0.25) is 0 Å². The summed E-state index contributed by atoms with van der Waals surface area (Å²) >= 11 is 5.58. The van der Waals surface area contributed by atoms with E-state index in [0.29, 0.717) is 16.3 Å². The third-order valence-electron chi connectivity index (χ3n) is 1.58. The smallest absolute Gasteiger partial charge is 0.0871 e. The highest BCUT2D eigenvalue weighted by molar-refractivity contribution is 6.17. The molecule has 0 aliphatic rings. The SMILES string of the molecule is OC=c1ccc(CCl)cc1=CO.